The van der Waals surface area contributed by atoms with Crippen LogP contribution in [0.2, 0.25) is 5.02 Å². The summed E-state index contributed by atoms with van der Waals surface area (Å²) in [6, 6.07) is 10.6. The summed E-state index contributed by atoms with van der Waals surface area (Å²) in [5.74, 6) is -2.27. The first kappa shape index (κ1) is 24.9. The molecule has 176 valence electrons. The number of aromatic nitrogens is 1. The van der Waals surface area contributed by atoms with E-state index in [-0.39, 0.29) is 40.1 Å². The van der Waals surface area contributed by atoms with Crippen LogP contribution < -0.4 is 10.6 Å². The van der Waals surface area contributed by atoms with Gasteiger partial charge in [0.2, 0.25) is 0 Å². The first-order valence-electron chi connectivity index (χ1n) is 10.2. The number of rotatable bonds is 8. The van der Waals surface area contributed by atoms with Crippen molar-refractivity contribution in [3.63, 3.8) is 0 Å². The molecule has 10 heteroatoms. The van der Waals surface area contributed by atoms with Crippen molar-refractivity contribution in [2.24, 2.45) is 0 Å². The van der Waals surface area contributed by atoms with Gasteiger partial charge >= 0.3 is 5.97 Å². The van der Waals surface area contributed by atoms with E-state index in [9.17, 15) is 24.6 Å². The Labute approximate surface area is 204 Å². The Morgan fingerprint density at radius 1 is 1.15 bits per heavy atom. The minimum absolute atomic E-state index is 0.00657. The summed E-state index contributed by atoms with van der Waals surface area (Å²) in [7, 11) is 0. The molecule has 4 N–H and O–H groups in total. The summed E-state index contributed by atoms with van der Waals surface area (Å²) in [5.41, 5.74) is 2.99. The molecule has 34 heavy (non-hydrogen) atoms. The summed E-state index contributed by atoms with van der Waals surface area (Å²) in [5, 5.41) is 24.1. The Bertz CT molecular complexity index is 1270. The molecule has 2 aromatic carbocycles. The second-order valence-corrected chi connectivity index (χ2v) is 8.91. The van der Waals surface area contributed by atoms with E-state index in [1.807, 2.05) is 13.8 Å². The number of carbonyl (C=O) groups is 3. The Hall–Kier alpha value is -3.69. The maximum atomic E-state index is 12.7. The van der Waals surface area contributed by atoms with E-state index in [0.29, 0.717) is 10.4 Å². The van der Waals surface area contributed by atoms with Crippen LogP contribution in [0.4, 0.5) is 0 Å². The zero-order chi connectivity index (χ0) is 24.8. The largest absolute Gasteiger partial charge is 0.508 e. The predicted octanol–water partition coefficient (Wildman–Crippen LogP) is 4.41. The molecule has 0 radical (unpaired) electrons. The first-order chi connectivity index (χ1) is 16.2. The smallest absolute Gasteiger partial charge is 0.352 e. The number of phenolic OH excluding ortho intramolecular Hbond substituents is 1. The number of aliphatic carboxylic acids is 1. The Morgan fingerprint density at radius 3 is 2.56 bits per heavy atom. The summed E-state index contributed by atoms with van der Waals surface area (Å²) >= 11 is 7.50. The molecule has 3 rings (SSSR count). The molecule has 1 aromatic heterocycles. The lowest BCUT2D eigenvalue weighted by Gasteiger charge is -2.10. The van der Waals surface area contributed by atoms with Gasteiger partial charge in [-0.25, -0.2) is 9.78 Å². The second-order valence-electron chi connectivity index (χ2n) is 7.62. The highest BCUT2D eigenvalue weighted by Crippen LogP contribution is 2.24. The topological polar surface area (TPSA) is 129 Å². The van der Waals surface area contributed by atoms with Gasteiger partial charge in [0.15, 0.2) is 0 Å². The normalized spacial score (nSPS) is 11.4. The molecule has 0 atom stereocenters. The second kappa shape index (κ2) is 11.0. The molecule has 0 bridgehead atoms. The van der Waals surface area contributed by atoms with E-state index in [0.717, 1.165) is 5.69 Å². The van der Waals surface area contributed by atoms with Crippen molar-refractivity contribution < 1.29 is 24.6 Å². The zero-order valence-corrected chi connectivity index (χ0v) is 19.9. The average Bonchev–Trinajstić information content (AvgIpc) is 3.25. The van der Waals surface area contributed by atoms with Gasteiger partial charge in [0.05, 0.1) is 26.7 Å². The van der Waals surface area contributed by atoms with Crippen LogP contribution in [0.15, 0.2) is 53.7 Å². The van der Waals surface area contributed by atoms with E-state index in [1.54, 1.807) is 17.6 Å². The minimum Gasteiger partial charge on any atom is -0.508 e. The van der Waals surface area contributed by atoms with Crippen LogP contribution in [-0.4, -0.2) is 33.0 Å². The van der Waals surface area contributed by atoms with Crippen LogP contribution >= 0.6 is 22.9 Å². The number of benzene rings is 2. The van der Waals surface area contributed by atoms with Crippen molar-refractivity contribution in [3.8, 4) is 5.75 Å². The summed E-state index contributed by atoms with van der Waals surface area (Å²) in [6.07, 6.45) is 1.37. The van der Waals surface area contributed by atoms with Crippen molar-refractivity contribution in [2.75, 3.05) is 0 Å². The lowest BCUT2D eigenvalue weighted by Crippen LogP contribution is -2.28. The quantitative estimate of drug-likeness (QED) is 0.340. The molecular weight excluding hydrogens is 478 g/mol. The number of hydrogen-bond acceptors (Lipinski definition) is 6. The third-order valence-corrected chi connectivity index (χ3v) is 5.87. The van der Waals surface area contributed by atoms with Gasteiger partial charge in [-0.1, -0.05) is 37.6 Å². The SMILES string of the molecule is CC(C)c1ncsc1/C=C(/NC(=O)c1ccc(C(=O)NCc2cccc(O)c2)cc1Cl)C(=O)O. The first-order valence-corrected chi connectivity index (χ1v) is 11.5. The molecule has 3 aromatic rings. The maximum Gasteiger partial charge on any atom is 0.352 e. The van der Waals surface area contributed by atoms with Crippen LogP contribution in [0.1, 0.15) is 56.6 Å². The Morgan fingerprint density at radius 2 is 1.91 bits per heavy atom. The number of hydrogen-bond donors (Lipinski definition) is 4. The fraction of sp³-hybridized carbons (Fsp3) is 0.167. The third kappa shape index (κ3) is 6.21. The molecule has 2 amide bonds. The number of halogens is 1. The summed E-state index contributed by atoms with van der Waals surface area (Å²) < 4.78 is 0. The summed E-state index contributed by atoms with van der Waals surface area (Å²) in [6.45, 7) is 4.06. The van der Waals surface area contributed by atoms with E-state index >= 15 is 0 Å². The van der Waals surface area contributed by atoms with Gasteiger partial charge in [-0.2, -0.15) is 0 Å². The van der Waals surface area contributed by atoms with Gasteiger partial charge in [-0.15, -0.1) is 11.3 Å². The molecule has 0 aliphatic heterocycles. The highest BCUT2D eigenvalue weighted by molar-refractivity contribution is 7.10. The van der Waals surface area contributed by atoms with Crippen LogP contribution in [0, 0.1) is 0 Å². The van der Waals surface area contributed by atoms with Crippen LogP contribution in [0.3, 0.4) is 0 Å². The maximum absolute atomic E-state index is 12.7. The van der Waals surface area contributed by atoms with Gasteiger partial charge in [0, 0.05) is 12.1 Å². The minimum atomic E-state index is -1.31. The lowest BCUT2D eigenvalue weighted by molar-refractivity contribution is -0.132. The molecule has 0 aliphatic carbocycles. The molecule has 0 saturated carbocycles. The van der Waals surface area contributed by atoms with Crippen molar-refractivity contribution >= 4 is 46.8 Å². The third-order valence-electron chi connectivity index (χ3n) is 4.76. The van der Waals surface area contributed by atoms with Crippen molar-refractivity contribution in [1.29, 1.82) is 0 Å². The number of thiazole rings is 1. The number of nitrogens with one attached hydrogen (secondary N) is 2. The fourth-order valence-electron chi connectivity index (χ4n) is 3.07. The average molecular weight is 500 g/mol. The van der Waals surface area contributed by atoms with E-state index in [1.165, 1.54) is 47.7 Å². The Kier molecular flexibility index (Phi) is 8.04. The Balaban J connectivity index is 1.73. The molecule has 0 fully saturated rings. The van der Waals surface area contributed by atoms with Crippen LogP contribution in [0.25, 0.3) is 6.08 Å². The predicted molar refractivity (Wildman–Crippen MR) is 130 cm³/mol. The lowest BCUT2D eigenvalue weighted by atomic mass is 10.1. The van der Waals surface area contributed by atoms with Crippen LogP contribution in [0.5, 0.6) is 5.75 Å². The van der Waals surface area contributed by atoms with Crippen LogP contribution in [-0.2, 0) is 11.3 Å². The monoisotopic (exact) mass is 499 g/mol. The number of nitrogens with zero attached hydrogens (tertiary/aromatic N) is 1. The number of carboxylic acid groups (broad SMARTS) is 1. The van der Waals surface area contributed by atoms with Crippen molar-refractivity contribution in [1.82, 2.24) is 15.6 Å². The zero-order valence-electron chi connectivity index (χ0n) is 18.3. The number of amides is 2. The number of aromatic hydroxyl groups is 1. The highest BCUT2D eigenvalue weighted by Gasteiger charge is 2.19. The fourth-order valence-corrected chi connectivity index (χ4v) is 4.21. The van der Waals surface area contributed by atoms with Crippen molar-refractivity contribution in [3.05, 3.63) is 86.0 Å². The summed E-state index contributed by atoms with van der Waals surface area (Å²) in [4.78, 5) is 41.7. The van der Waals surface area contributed by atoms with Gasteiger partial charge in [-0.05, 0) is 47.9 Å². The molecule has 0 saturated heterocycles. The van der Waals surface area contributed by atoms with Crippen molar-refractivity contribution in [2.45, 2.75) is 26.3 Å². The molecule has 0 aliphatic rings. The number of carboxylic acids is 1. The van der Waals surface area contributed by atoms with Gasteiger partial charge < -0.3 is 20.8 Å². The van der Waals surface area contributed by atoms with Gasteiger partial charge in [0.1, 0.15) is 11.4 Å². The number of carbonyl (C=O) groups excluding carboxylic acids is 2. The van der Waals surface area contributed by atoms with E-state index in [2.05, 4.69) is 15.6 Å². The molecule has 1 heterocycles. The molecular formula is C24H22ClN3O5S. The van der Waals surface area contributed by atoms with E-state index in [4.69, 9.17) is 11.6 Å². The van der Waals surface area contributed by atoms with Gasteiger partial charge in [0.25, 0.3) is 11.8 Å². The number of phenols is 1. The van der Waals surface area contributed by atoms with E-state index < -0.39 is 17.8 Å². The van der Waals surface area contributed by atoms with Gasteiger partial charge in [-0.3, -0.25) is 9.59 Å². The standard InChI is InChI=1S/C24H22ClN3O5S/c1-13(2)21-20(34-12-27-21)10-19(24(32)33)28-23(31)17-7-6-15(9-18(17)25)22(30)26-11-14-4-3-5-16(29)8-14/h3-10,12-13,29H,11H2,1-2H3,(H,26,30)(H,28,31)(H,32,33)/b19-10+. The highest BCUT2D eigenvalue weighted by atomic mass is 35.5. The molecule has 0 unspecified atom stereocenters. The molecule has 8 nitrogen and oxygen atoms in total. The molecule has 0 spiro atoms.